The van der Waals surface area contributed by atoms with Gasteiger partial charge in [0.25, 0.3) is 0 Å². The van der Waals surface area contributed by atoms with Gasteiger partial charge in [0.1, 0.15) is 23.5 Å². The molecule has 1 aliphatic heterocycles. The second-order valence-electron chi connectivity index (χ2n) is 7.98. The predicted octanol–water partition coefficient (Wildman–Crippen LogP) is 4.11. The molecular weight excluding hydrogens is 392 g/mol. The van der Waals surface area contributed by atoms with Gasteiger partial charge in [-0.1, -0.05) is 18.2 Å². The number of anilines is 1. The van der Waals surface area contributed by atoms with Crippen LogP contribution in [0.5, 0.6) is 0 Å². The minimum Gasteiger partial charge on any atom is -0.459 e. The average molecular weight is 416 g/mol. The molecule has 0 unspecified atom stereocenters. The number of para-hydroxylation sites is 2. The maximum atomic E-state index is 13.1. The van der Waals surface area contributed by atoms with Crippen molar-refractivity contribution in [1.82, 2.24) is 14.5 Å². The average Bonchev–Trinajstić information content (AvgIpc) is 3.38. The van der Waals surface area contributed by atoms with E-state index in [-0.39, 0.29) is 24.1 Å². The Hall–Kier alpha value is -3.45. The highest BCUT2D eigenvalue weighted by atomic mass is 16.6. The minimum atomic E-state index is -0.509. The Morgan fingerprint density at radius 1 is 1.16 bits per heavy atom. The van der Waals surface area contributed by atoms with Crippen LogP contribution in [0, 0.1) is 13.8 Å². The van der Waals surface area contributed by atoms with Crippen molar-refractivity contribution in [3.63, 3.8) is 0 Å². The molecule has 1 fully saturated rings. The molecule has 1 atom stereocenters. The number of nitrogens with zero attached hydrogens (tertiary/aromatic N) is 3. The van der Waals surface area contributed by atoms with E-state index in [4.69, 9.17) is 25.2 Å². The van der Waals surface area contributed by atoms with Gasteiger partial charge in [0.15, 0.2) is 5.65 Å². The van der Waals surface area contributed by atoms with E-state index in [1.165, 1.54) is 5.56 Å². The summed E-state index contributed by atoms with van der Waals surface area (Å²) < 4.78 is 12.9. The third-order valence-corrected chi connectivity index (χ3v) is 5.87. The Balaban J connectivity index is 1.68. The molecule has 2 N–H and O–H groups in total. The summed E-state index contributed by atoms with van der Waals surface area (Å²) in [5, 5.41) is 0. The fourth-order valence-electron chi connectivity index (χ4n) is 4.01. The van der Waals surface area contributed by atoms with Crippen LogP contribution in [0.25, 0.3) is 27.9 Å². The van der Waals surface area contributed by atoms with E-state index in [1.54, 1.807) is 4.57 Å². The summed E-state index contributed by atoms with van der Waals surface area (Å²) in [6.45, 7) is 5.00. The first-order valence-electron chi connectivity index (χ1n) is 10.5. The van der Waals surface area contributed by atoms with E-state index >= 15 is 0 Å². The van der Waals surface area contributed by atoms with Gasteiger partial charge in [0, 0.05) is 12.3 Å². The number of nitrogens with two attached hydrogens (primary N) is 1. The van der Waals surface area contributed by atoms with Crippen LogP contribution in [0.2, 0.25) is 0 Å². The highest BCUT2D eigenvalue weighted by Gasteiger charge is 2.27. The van der Waals surface area contributed by atoms with E-state index in [1.807, 2.05) is 49.4 Å². The van der Waals surface area contributed by atoms with Crippen LogP contribution in [0.4, 0.5) is 5.82 Å². The van der Waals surface area contributed by atoms with Crippen molar-refractivity contribution in [2.24, 2.45) is 0 Å². The third kappa shape index (κ3) is 3.41. The second-order valence-corrected chi connectivity index (χ2v) is 7.98. The van der Waals surface area contributed by atoms with E-state index in [2.05, 4.69) is 6.92 Å². The first kappa shape index (κ1) is 19.5. The molecule has 2 aromatic heterocycles. The van der Waals surface area contributed by atoms with E-state index in [0.29, 0.717) is 23.3 Å². The van der Waals surface area contributed by atoms with Gasteiger partial charge < -0.3 is 15.2 Å². The molecule has 0 radical (unpaired) electrons. The first-order chi connectivity index (χ1) is 15.0. The van der Waals surface area contributed by atoms with Crippen molar-refractivity contribution in [3.8, 4) is 5.69 Å². The molecule has 0 aliphatic carbocycles. The van der Waals surface area contributed by atoms with Crippen LogP contribution >= 0.6 is 0 Å². The molecule has 3 heterocycles. The standard InChI is InChI=1S/C24H24N4O3/c1-14-9-10-16(12-15(14)2)28-22(25)20(24(29)31-13-17-6-5-11-30-17)21-23(28)27-19-8-4-3-7-18(19)26-21/h3-4,7-10,12,17H,5-6,11,13,25H2,1-2H3/t17-/m0/s1. The molecule has 0 saturated carbocycles. The highest BCUT2D eigenvalue weighted by Crippen LogP contribution is 2.32. The summed E-state index contributed by atoms with van der Waals surface area (Å²) in [5.74, 6) is -0.240. The summed E-state index contributed by atoms with van der Waals surface area (Å²) in [4.78, 5) is 22.6. The summed E-state index contributed by atoms with van der Waals surface area (Å²) >= 11 is 0. The van der Waals surface area contributed by atoms with Gasteiger partial charge in [0.05, 0.1) is 17.1 Å². The fraction of sp³-hybridized carbons (Fsp3) is 0.292. The number of carbonyl (C=O) groups is 1. The van der Waals surface area contributed by atoms with Crippen molar-refractivity contribution >= 4 is 34.0 Å². The summed E-state index contributed by atoms with van der Waals surface area (Å²) in [5.41, 5.74) is 12.3. The van der Waals surface area contributed by atoms with Crippen LogP contribution in [-0.2, 0) is 9.47 Å². The molecule has 158 valence electrons. The number of nitrogen functional groups attached to an aromatic ring is 1. The number of benzene rings is 2. The van der Waals surface area contributed by atoms with Crippen LogP contribution in [0.1, 0.15) is 34.3 Å². The lowest BCUT2D eigenvalue weighted by atomic mass is 10.1. The lowest BCUT2D eigenvalue weighted by Gasteiger charge is -2.11. The lowest BCUT2D eigenvalue weighted by Crippen LogP contribution is -2.18. The van der Waals surface area contributed by atoms with Gasteiger partial charge in [-0.05, 0) is 62.1 Å². The maximum absolute atomic E-state index is 13.1. The molecule has 1 saturated heterocycles. The lowest BCUT2D eigenvalue weighted by molar-refractivity contribution is 0.0163. The van der Waals surface area contributed by atoms with Crippen LogP contribution < -0.4 is 5.73 Å². The molecule has 0 spiro atoms. The zero-order valence-corrected chi connectivity index (χ0v) is 17.6. The number of ether oxygens (including phenoxy) is 2. The van der Waals surface area contributed by atoms with Crippen LogP contribution in [-0.4, -0.2) is 39.8 Å². The maximum Gasteiger partial charge on any atom is 0.344 e. The molecular formula is C24H24N4O3. The quantitative estimate of drug-likeness (QED) is 0.504. The smallest absolute Gasteiger partial charge is 0.344 e. The van der Waals surface area contributed by atoms with E-state index < -0.39 is 5.97 Å². The number of fused-ring (bicyclic) bond motifs is 2. The molecule has 31 heavy (non-hydrogen) atoms. The van der Waals surface area contributed by atoms with Crippen molar-refractivity contribution in [2.45, 2.75) is 32.8 Å². The zero-order valence-electron chi connectivity index (χ0n) is 17.6. The van der Waals surface area contributed by atoms with Crippen LogP contribution in [0.15, 0.2) is 42.5 Å². The molecule has 5 rings (SSSR count). The molecule has 0 bridgehead atoms. The largest absolute Gasteiger partial charge is 0.459 e. The number of hydrogen-bond acceptors (Lipinski definition) is 6. The Morgan fingerprint density at radius 2 is 1.94 bits per heavy atom. The highest BCUT2D eigenvalue weighted by molar-refractivity contribution is 6.09. The molecule has 0 amide bonds. The van der Waals surface area contributed by atoms with E-state index in [0.717, 1.165) is 29.6 Å². The van der Waals surface area contributed by atoms with Crippen LogP contribution in [0.3, 0.4) is 0 Å². The van der Waals surface area contributed by atoms with E-state index in [9.17, 15) is 4.79 Å². The summed E-state index contributed by atoms with van der Waals surface area (Å²) in [7, 11) is 0. The second kappa shape index (κ2) is 7.67. The van der Waals surface area contributed by atoms with Gasteiger partial charge in [-0.15, -0.1) is 0 Å². The van der Waals surface area contributed by atoms with Gasteiger partial charge >= 0.3 is 5.97 Å². The SMILES string of the molecule is Cc1ccc(-n2c(N)c(C(=O)OC[C@@H]3CCCO3)c3nc4ccccc4nc32)cc1C. The molecule has 7 heteroatoms. The summed E-state index contributed by atoms with van der Waals surface area (Å²) in [6, 6.07) is 13.6. The van der Waals surface area contributed by atoms with Crippen molar-refractivity contribution < 1.29 is 14.3 Å². The number of aromatic nitrogens is 3. The van der Waals surface area contributed by atoms with Crippen molar-refractivity contribution in [2.75, 3.05) is 18.9 Å². The number of esters is 1. The van der Waals surface area contributed by atoms with Gasteiger partial charge in [-0.25, -0.2) is 14.8 Å². The Bertz CT molecular complexity index is 1310. The van der Waals surface area contributed by atoms with Crippen molar-refractivity contribution in [1.29, 1.82) is 0 Å². The molecule has 1 aliphatic rings. The molecule has 2 aromatic carbocycles. The number of aryl methyl sites for hydroxylation is 2. The monoisotopic (exact) mass is 416 g/mol. The zero-order chi connectivity index (χ0) is 21.5. The number of hydrogen-bond donors (Lipinski definition) is 1. The van der Waals surface area contributed by atoms with Crippen molar-refractivity contribution in [3.05, 3.63) is 59.2 Å². The minimum absolute atomic E-state index is 0.0646. The number of carbonyl (C=O) groups excluding carboxylic acids is 1. The summed E-state index contributed by atoms with van der Waals surface area (Å²) in [6.07, 6.45) is 1.80. The Labute approximate surface area is 179 Å². The molecule has 4 aromatic rings. The Morgan fingerprint density at radius 3 is 2.65 bits per heavy atom. The van der Waals surface area contributed by atoms with Gasteiger partial charge in [-0.2, -0.15) is 0 Å². The normalized spacial score (nSPS) is 16.3. The van der Waals surface area contributed by atoms with Gasteiger partial charge in [0.2, 0.25) is 0 Å². The fourth-order valence-corrected chi connectivity index (χ4v) is 4.01. The third-order valence-electron chi connectivity index (χ3n) is 5.87. The van der Waals surface area contributed by atoms with Gasteiger partial charge in [-0.3, -0.25) is 4.57 Å². The molecule has 7 nitrogen and oxygen atoms in total. The first-order valence-corrected chi connectivity index (χ1v) is 10.5. The number of rotatable bonds is 4. The predicted molar refractivity (Wildman–Crippen MR) is 120 cm³/mol. The Kier molecular flexibility index (Phi) is 4.82. The topological polar surface area (TPSA) is 92.3 Å².